The number of anilines is 1. The lowest BCUT2D eigenvalue weighted by Gasteiger charge is -2.34. The first-order valence-electron chi connectivity index (χ1n) is 9.68. The van der Waals surface area contributed by atoms with Gasteiger partial charge in [0.25, 0.3) is 5.56 Å². The van der Waals surface area contributed by atoms with Crippen LogP contribution in [0.15, 0.2) is 22.9 Å². The van der Waals surface area contributed by atoms with Crippen LogP contribution in [-0.2, 0) is 15.1 Å². The highest BCUT2D eigenvalue weighted by Crippen LogP contribution is 2.30. The second-order valence-corrected chi connectivity index (χ2v) is 5.50. The Kier molecular flexibility index (Phi) is 1.91. The van der Waals surface area contributed by atoms with Crippen molar-refractivity contribution in [2.45, 2.75) is 38.6 Å². The molecule has 3 rings (SSSR count). The molecule has 22 heavy (non-hydrogen) atoms. The van der Waals surface area contributed by atoms with Gasteiger partial charge in [-0.15, -0.1) is 0 Å². The number of nitrogens with zero attached hydrogens (tertiary/aromatic N) is 2. The van der Waals surface area contributed by atoms with E-state index < -0.39 is 65.3 Å². The minimum Gasteiger partial charge on any atom is -0.398 e. The highest BCUT2D eigenvalue weighted by molar-refractivity contribution is 6.05. The molecule has 1 saturated carbocycles. The third-order valence-corrected chi connectivity index (χ3v) is 4.07. The molecule has 0 radical (unpaired) electrons. The number of Topliss-reactive ketones (excluding diaryl/α,β-unsaturated/α-hetero) is 2. The summed E-state index contributed by atoms with van der Waals surface area (Å²) in [7, 11) is 0. The monoisotopic (exact) mass is 305 g/mol. The molecule has 6 heteroatoms. The average molecular weight is 305 g/mol. The molecule has 0 spiro atoms. The zero-order chi connectivity index (χ0) is 21.2. The van der Waals surface area contributed by atoms with E-state index in [1.807, 2.05) is 0 Å². The van der Waals surface area contributed by atoms with Crippen LogP contribution in [0.25, 0.3) is 10.9 Å². The van der Waals surface area contributed by atoms with Gasteiger partial charge in [0.1, 0.15) is 17.1 Å². The van der Waals surface area contributed by atoms with Crippen molar-refractivity contribution in [3.63, 3.8) is 0 Å². The molecule has 0 aliphatic heterocycles. The fourth-order valence-corrected chi connectivity index (χ4v) is 2.75. The second-order valence-electron chi connectivity index (χ2n) is 5.50. The zero-order valence-corrected chi connectivity index (χ0v) is 11.8. The van der Waals surface area contributed by atoms with Gasteiger partial charge >= 0.3 is 0 Å². The van der Waals surface area contributed by atoms with E-state index in [-0.39, 0.29) is 24.0 Å². The van der Waals surface area contributed by atoms with Gasteiger partial charge in [0, 0.05) is 16.2 Å². The molecule has 1 aromatic heterocycles. The minimum absolute atomic E-state index is 0.0122. The Balaban J connectivity index is 2.53. The SMILES string of the molecule is [2H]c1c([2H])c(N)c2c(=O)n([C@@]3(C)CCC(=O)CC3=O)c(C([2H])([2H])[2H])nc2c1[2H]. The predicted molar refractivity (Wildman–Crippen MR) is 82.7 cm³/mol. The second kappa shape index (κ2) is 4.76. The third kappa shape index (κ3) is 1.94. The number of fused-ring (bicyclic) bond motifs is 1. The predicted octanol–water partition coefficient (Wildman–Crippen LogP) is 1.32. The van der Waals surface area contributed by atoms with Crippen molar-refractivity contribution in [1.82, 2.24) is 9.55 Å². The van der Waals surface area contributed by atoms with Crippen LogP contribution in [0.5, 0.6) is 0 Å². The van der Waals surface area contributed by atoms with Crippen LogP contribution in [0.4, 0.5) is 5.69 Å². The maximum absolute atomic E-state index is 13.3. The van der Waals surface area contributed by atoms with Gasteiger partial charge in [-0.05, 0) is 32.3 Å². The van der Waals surface area contributed by atoms with Crippen molar-refractivity contribution < 1.29 is 17.8 Å². The highest BCUT2D eigenvalue weighted by atomic mass is 16.2. The van der Waals surface area contributed by atoms with Gasteiger partial charge in [-0.1, -0.05) is 6.04 Å². The number of nitrogens with two attached hydrogens (primary N) is 1. The summed E-state index contributed by atoms with van der Waals surface area (Å²) in [6.07, 6.45) is -0.531. The van der Waals surface area contributed by atoms with E-state index in [0.717, 1.165) is 4.57 Å². The van der Waals surface area contributed by atoms with Crippen LogP contribution < -0.4 is 11.3 Å². The van der Waals surface area contributed by atoms with E-state index in [0.29, 0.717) is 0 Å². The van der Waals surface area contributed by atoms with Crippen molar-refractivity contribution in [2.24, 2.45) is 0 Å². The minimum atomic E-state index is -2.92. The lowest BCUT2D eigenvalue weighted by molar-refractivity contribution is -0.136. The summed E-state index contributed by atoms with van der Waals surface area (Å²) in [5, 5.41) is -0.384. The first-order chi connectivity index (χ1) is 12.8. The lowest BCUT2D eigenvalue weighted by atomic mass is 9.81. The van der Waals surface area contributed by atoms with E-state index in [2.05, 4.69) is 4.98 Å². The number of rotatable bonds is 1. The summed E-state index contributed by atoms with van der Waals surface area (Å²) >= 11 is 0. The third-order valence-electron chi connectivity index (χ3n) is 4.07. The summed E-state index contributed by atoms with van der Waals surface area (Å²) in [5.74, 6) is -1.65. The number of aryl methyl sites for hydroxylation is 1. The summed E-state index contributed by atoms with van der Waals surface area (Å²) in [4.78, 5) is 41.5. The Bertz CT molecular complexity index is 1110. The van der Waals surface area contributed by atoms with Crippen molar-refractivity contribution in [3.05, 3.63) is 34.3 Å². The molecule has 1 aliphatic rings. The maximum atomic E-state index is 13.3. The lowest BCUT2D eigenvalue weighted by Crippen LogP contribution is -2.49. The van der Waals surface area contributed by atoms with Crippen molar-refractivity contribution >= 4 is 28.2 Å². The van der Waals surface area contributed by atoms with Crippen molar-refractivity contribution in [3.8, 4) is 0 Å². The molecule has 0 amide bonds. The topological polar surface area (TPSA) is 95.0 Å². The van der Waals surface area contributed by atoms with E-state index in [1.165, 1.54) is 6.92 Å². The molecular weight excluding hydrogens is 282 g/mol. The van der Waals surface area contributed by atoms with E-state index >= 15 is 0 Å². The largest absolute Gasteiger partial charge is 0.398 e. The number of ketones is 2. The van der Waals surface area contributed by atoms with Crippen LogP contribution >= 0.6 is 0 Å². The van der Waals surface area contributed by atoms with Gasteiger partial charge in [-0.3, -0.25) is 19.0 Å². The summed E-state index contributed by atoms with van der Waals surface area (Å²) in [6.45, 7) is -1.55. The van der Waals surface area contributed by atoms with Crippen LogP contribution in [-0.4, -0.2) is 21.1 Å². The molecule has 0 bridgehead atoms. The molecule has 1 aliphatic carbocycles. The molecule has 1 atom stereocenters. The number of carbonyl (C=O) groups excluding carboxylic acids is 2. The normalized spacial score (nSPS) is 26.8. The van der Waals surface area contributed by atoms with Gasteiger partial charge in [0.2, 0.25) is 0 Å². The smallest absolute Gasteiger partial charge is 0.264 e. The van der Waals surface area contributed by atoms with Gasteiger partial charge in [-0.25, -0.2) is 4.98 Å². The van der Waals surface area contributed by atoms with Crippen molar-refractivity contribution in [2.75, 3.05) is 5.73 Å². The molecule has 1 fully saturated rings. The molecule has 2 aromatic rings. The van der Waals surface area contributed by atoms with Gasteiger partial charge in [-0.2, -0.15) is 0 Å². The summed E-state index contributed by atoms with van der Waals surface area (Å²) in [6, 6.07) is -1.74. The van der Waals surface area contributed by atoms with Crippen LogP contribution in [0.2, 0.25) is 0 Å². The average Bonchev–Trinajstić information content (AvgIpc) is 2.60. The molecule has 2 N–H and O–H groups in total. The number of carbonyl (C=O) groups is 2. The molecule has 1 aromatic carbocycles. The number of nitrogen functional groups attached to an aromatic ring is 1. The standard InChI is InChI=1S/C16H17N3O3/c1-9-18-12-5-3-4-11(17)14(12)15(22)19(9)16(2)7-6-10(20)8-13(16)21/h3-5H,6-8,17H2,1-2H3/t16-/m0/s1/i1D3,3D,4D,5D. The van der Waals surface area contributed by atoms with Gasteiger partial charge in [0.15, 0.2) is 5.78 Å². The number of aromatic nitrogens is 2. The van der Waals surface area contributed by atoms with Crippen LogP contribution in [0.1, 0.15) is 40.2 Å². The summed E-state index contributed by atoms with van der Waals surface area (Å²) < 4.78 is 47.6. The summed E-state index contributed by atoms with van der Waals surface area (Å²) in [5.41, 5.74) is 2.38. The molecule has 0 unspecified atom stereocenters. The fourth-order valence-electron chi connectivity index (χ4n) is 2.75. The fraction of sp³-hybridized carbons (Fsp3) is 0.375. The Morgan fingerprint density at radius 1 is 1.41 bits per heavy atom. The Hall–Kier alpha value is -2.50. The molecule has 0 saturated heterocycles. The Morgan fingerprint density at radius 2 is 2.18 bits per heavy atom. The van der Waals surface area contributed by atoms with E-state index in [9.17, 15) is 14.4 Å². The quantitative estimate of drug-likeness (QED) is 0.633. The molecule has 1 heterocycles. The Morgan fingerprint density at radius 3 is 2.86 bits per heavy atom. The number of benzene rings is 1. The van der Waals surface area contributed by atoms with Gasteiger partial charge < -0.3 is 5.73 Å². The van der Waals surface area contributed by atoms with E-state index in [1.54, 1.807) is 0 Å². The maximum Gasteiger partial charge on any atom is 0.264 e. The first-order valence-corrected chi connectivity index (χ1v) is 6.68. The Labute approximate surface area is 135 Å². The number of hydrogen-bond donors (Lipinski definition) is 1. The van der Waals surface area contributed by atoms with Gasteiger partial charge in [0.05, 0.1) is 21.4 Å². The first kappa shape index (κ1) is 8.82. The van der Waals surface area contributed by atoms with Crippen molar-refractivity contribution in [1.29, 1.82) is 0 Å². The van der Waals surface area contributed by atoms with Crippen LogP contribution in [0.3, 0.4) is 0 Å². The zero-order valence-electron chi connectivity index (χ0n) is 17.8. The highest BCUT2D eigenvalue weighted by Gasteiger charge is 2.41. The molecule has 6 nitrogen and oxygen atoms in total. The molecular formula is C16H17N3O3. The number of hydrogen-bond acceptors (Lipinski definition) is 5. The van der Waals surface area contributed by atoms with E-state index in [4.69, 9.17) is 14.0 Å². The van der Waals surface area contributed by atoms with Crippen LogP contribution in [0, 0.1) is 6.85 Å². The molecule has 114 valence electrons.